The van der Waals surface area contributed by atoms with Crippen LogP contribution in [0.15, 0.2) is 48.5 Å². The van der Waals surface area contributed by atoms with Crippen molar-refractivity contribution >= 4 is 16.9 Å². The van der Waals surface area contributed by atoms with E-state index in [0.29, 0.717) is 13.0 Å². The Morgan fingerprint density at radius 1 is 1.07 bits per heavy atom. The van der Waals surface area contributed by atoms with Crippen LogP contribution in [0.1, 0.15) is 42.5 Å². The second-order valence-corrected chi connectivity index (χ2v) is 7.23. The van der Waals surface area contributed by atoms with E-state index < -0.39 is 5.97 Å². The number of benzene rings is 2. The molecule has 4 heteroatoms. The van der Waals surface area contributed by atoms with E-state index in [9.17, 15) is 4.79 Å². The van der Waals surface area contributed by atoms with E-state index in [1.807, 2.05) is 6.07 Å². The molecule has 1 aliphatic rings. The molecule has 1 aliphatic carbocycles. The van der Waals surface area contributed by atoms with E-state index in [-0.39, 0.29) is 6.42 Å². The Morgan fingerprint density at radius 2 is 1.89 bits per heavy atom. The number of carboxylic acid groups (broad SMARTS) is 1. The minimum Gasteiger partial charge on any atom is -0.494 e. The molecule has 1 aromatic heterocycles. The predicted molar refractivity (Wildman–Crippen MR) is 106 cm³/mol. The van der Waals surface area contributed by atoms with Gasteiger partial charge in [-0.05, 0) is 61.4 Å². The van der Waals surface area contributed by atoms with Crippen molar-refractivity contribution in [2.45, 2.75) is 45.1 Å². The lowest BCUT2D eigenvalue weighted by molar-refractivity contribution is -0.137. The van der Waals surface area contributed by atoms with Crippen LogP contribution >= 0.6 is 0 Å². The van der Waals surface area contributed by atoms with Crippen molar-refractivity contribution in [2.75, 3.05) is 6.61 Å². The van der Waals surface area contributed by atoms with Crippen LogP contribution in [0.2, 0.25) is 0 Å². The summed E-state index contributed by atoms with van der Waals surface area (Å²) in [5.41, 5.74) is 5.51. The molecule has 140 valence electrons. The van der Waals surface area contributed by atoms with Gasteiger partial charge in [0.1, 0.15) is 5.75 Å². The molecule has 0 fully saturated rings. The Kier molecular flexibility index (Phi) is 5.14. The number of fused-ring (bicyclic) bond motifs is 3. The van der Waals surface area contributed by atoms with Crippen LogP contribution in [0, 0.1) is 0 Å². The maximum Gasteiger partial charge on any atom is 0.303 e. The molecule has 2 aromatic carbocycles. The van der Waals surface area contributed by atoms with Crippen LogP contribution in [0.5, 0.6) is 5.75 Å². The highest BCUT2D eigenvalue weighted by Gasteiger charge is 2.20. The third-order valence-corrected chi connectivity index (χ3v) is 5.34. The standard InChI is InChI=1S/C23H25NO3/c25-23(26)11-6-14-27-18-12-13-22-20(15-18)19-9-4-5-10-21(19)24(22)16-17-7-2-1-3-8-17/h1-3,7-8,12-13,15H,4-6,9-11,14,16H2,(H,25,26). The summed E-state index contributed by atoms with van der Waals surface area (Å²) in [7, 11) is 0. The maximum atomic E-state index is 10.6. The largest absolute Gasteiger partial charge is 0.494 e. The van der Waals surface area contributed by atoms with Crippen LogP contribution in [-0.4, -0.2) is 22.2 Å². The van der Waals surface area contributed by atoms with Gasteiger partial charge in [-0.25, -0.2) is 0 Å². The van der Waals surface area contributed by atoms with Gasteiger partial charge in [0, 0.05) is 29.6 Å². The van der Waals surface area contributed by atoms with Crippen molar-refractivity contribution in [1.82, 2.24) is 4.57 Å². The molecule has 0 atom stereocenters. The summed E-state index contributed by atoms with van der Waals surface area (Å²) >= 11 is 0. The number of carboxylic acids is 1. The molecule has 3 aromatic rings. The second kappa shape index (κ2) is 7.87. The van der Waals surface area contributed by atoms with Gasteiger partial charge in [-0.15, -0.1) is 0 Å². The molecule has 0 aliphatic heterocycles. The number of aliphatic carboxylic acids is 1. The summed E-state index contributed by atoms with van der Waals surface area (Å²) < 4.78 is 8.28. The van der Waals surface area contributed by atoms with Crippen LogP contribution in [0.3, 0.4) is 0 Å². The summed E-state index contributed by atoms with van der Waals surface area (Å²) in [6, 6.07) is 16.9. The first-order chi connectivity index (χ1) is 13.2. The molecular weight excluding hydrogens is 338 g/mol. The van der Waals surface area contributed by atoms with Gasteiger partial charge in [0.2, 0.25) is 0 Å². The smallest absolute Gasteiger partial charge is 0.303 e. The quantitative estimate of drug-likeness (QED) is 0.613. The molecule has 0 unspecified atom stereocenters. The minimum atomic E-state index is -0.777. The molecule has 4 nitrogen and oxygen atoms in total. The zero-order chi connectivity index (χ0) is 18.6. The number of aromatic nitrogens is 1. The fourth-order valence-electron chi connectivity index (χ4n) is 4.06. The normalized spacial score (nSPS) is 13.5. The molecule has 1 heterocycles. The van der Waals surface area contributed by atoms with Gasteiger partial charge >= 0.3 is 5.97 Å². The molecular formula is C23H25NO3. The highest BCUT2D eigenvalue weighted by molar-refractivity contribution is 5.87. The second-order valence-electron chi connectivity index (χ2n) is 7.23. The van der Waals surface area contributed by atoms with Gasteiger partial charge in [0.25, 0.3) is 0 Å². The van der Waals surface area contributed by atoms with Crippen molar-refractivity contribution in [3.63, 3.8) is 0 Å². The summed E-state index contributed by atoms with van der Waals surface area (Å²) in [5, 5.41) is 10.0. The van der Waals surface area contributed by atoms with Gasteiger partial charge in [0.15, 0.2) is 0 Å². The van der Waals surface area contributed by atoms with Crippen LogP contribution in [0.25, 0.3) is 10.9 Å². The van der Waals surface area contributed by atoms with Gasteiger partial charge in [0.05, 0.1) is 6.61 Å². The first-order valence-electron chi connectivity index (χ1n) is 9.75. The first-order valence-corrected chi connectivity index (χ1v) is 9.75. The molecule has 27 heavy (non-hydrogen) atoms. The lowest BCUT2D eigenvalue weighted by Crippen LogP contribution is -2.09. The van der Waals surface area contributed by atoms with Crippen LogP contribution in [0.4, 0.5) is 0 Å². The van der Waals surface area contributed by atoms with E-state index in [0.717, 1.165) is 25.1 Å². The Labute approximate surface area is 159 Å². The maximum absolute atomic E-state index is 10.6. The number of rotatable bonds is 7. The van der Waals surface area contributed by atoms with Gasteiger partial charge in [-0.2, -0.15) is 0 Å². The molecule has 0 bridgehead atoms. The van der Waals surface area contributed by atoms with Crippen molar-refractivity contribution in [1.29, 1.82) is 0 Å². The number of hydrogen-bond donors (Lipinski definition) is 1. The molecule has 0 spiro atoms. The number of aryl methyl sites for hydroxylation is 1. The first kappa shape index (κ1) is 17.7. The summed E-state index contributed by atoms with van der Waals surface area (Å²) in [6.07, 6.45) is 5.41. The minimum absolute atomic E-state index is 0.144. The third kappa shape index (κ3) is 3.85. The zero-order valence-electron chi connectivity index (χ0n) is 15.5. The molecule has 0 amide bonds. The van der Waals surface area contributed by atoms with Gasteiger partial charge in [-0.3, -0.25) is 4.79 Å². The number of ether oxygens (including phenoxy) is 1. The molecule has 0 saturated heterocycles. The summed E-state index contributed by atoms with van der Waals surface area (Å²) in [4.78, 5) is 10.6. The van der Waals surface area contributed by atoms with Crippen molar-refractivity contribution in [2.24, 2.45) is 0 Å². The highest BCUT2D eigenvalue weighted by atomic mass is 16.5. The number of nitrogens with zero attached hydrogens (tertiary/aromatic N) is 1. The molecule has 0 saturated carbocycles. The SMILES string of the molecule is O=C(O)CCCOc1ccc2c(c1)c1c(n2Cc2ccccc2)CCCC1. The fourth-order valence-corrected chi connectivity index (χ4v) is 4.06. The lowest BCUT2D eigenvalue weighted by Gasteiger charge is -2.16. The van der Waals surface area contributed by atoms with Crippen LogP contribution < -0.4 is 4.74 Å². The average molecular weight is 363 g/mol. The summed E-state index contributed by atoms with van der Waals surface area (Å²) in [5.74, 6) is 0.0548. The van der Waals surface area contributed by atoms with Crippen molar-refractivity contribution < 1.29 is 14.6 Å². The Balaban J connectivity index is 1.64. The average Bonchev–Trinajstić information content (AvgIpc) is 2.99. The Bertz CT molecular complexity index is 943. The predicted octanol–water partition coefficient (Wildman–Crippen LogP) is 4.81. The third-order valence-electron chi connectivity index (χ3n) is 5.34. The van der Waals surface area contributed by atoms with E-state index in [1.165, 1.54) is 40.6 Å². The number of hydrogen-bond acceptors (Lipinski definition) is 2. The van der Waals surface area contributed by atoms with E-state index in [4.69, 9.17) is 9.84 Å². The van der Waals surface area contributed by atoms with E-state index in [2.05, 4.69) is 47.0 Å². The molecule has 1 N–H and O–H groups in total. The zero-order valence-corrected chi connectivity index (χ0v) is 15.5. The fraction of sp³-hybridized carbons (Fsp3) is 0.348. The van der Waals surface area contributed by atoms with Gasteiger partial charge in [-0.1, -0.05) is 30.3 Å². The monoisotopic (exact) mass is 363 g/mol. The van der Waals surface area contributed by atoms with Crippen molar-refractivity contribution in [3.05, 3.63) is 65.4 Å². The van der Waals surface area contributed by atoms with Crippen LogP contribution in [-0.2, 0) is 24.2 Å². The van der Waals surface area contributed by atoms with E-state index in [1.54, 1.807) is 0 Å². The molecule has 4 rings (SSSR count). The molecule has 0 radical (unpaired) electrons. The topological polar surface area (TPSA) is 51.5 Å². The van der Waals surface area contributed by atoms with E-state index >= 15 is 0 Å². The highest BCUT2D eigenvalue weighted by Crippen LogP contribution is 2.35. The number of carbonyl (C=O) groups is 1. The van der Waals surface area contributed by atoms with Crippen molar-refractivity contribution in [3.8, 4) is 5.75 Å². The Morgan fingerprint density at radius 3 is 2.70 bits per heavy atom. The summed E-state index contributed by atoms with van der Waals surface area (Å²) in [6.45, 7) is 1.33. The van der Waals surface area contributed by atoms with Gasteiger partial charge < -0.3 is 14.4 Å². The Hall–Kier alpha value is -2.75. The lowest BCUT2D eigenvalue weighted by atomic mass is 9.95.